The van der Waals surface area contributed by atoms with Crippen molar-refractivity contribution in [3.8, 4) is 11.5 Å². The first kappa shape index (κ1) is 14.7. The molecule has 0 aromatic heterocycles. The van der Waals surface area contributed by atoms with Crippen LogP contribution in [0, 0.1) is 0 Å². The number of rotatable bonds is 5. The zero-order valence-corrected chi connectivity index (χ0v) is 12.3. The largest absolute Gasteiger partial charge is 0.493 e. The van der Waals surface area contributed by atoms with Gasteiger partial charge in [0, 0.05) is 19.0 Å². The maximum atomic E-state index is 11.8. The average Bonchev–Trinajstić information content (AvgIpc) is 2.46. The molecule has 1 aliphatic rings. The Hall–Kier alpha value is -1.75. The van der Waals surface area contributed by atoms with Crippen LogP contribution in [0.5, 0.6) is 11.5 Å². The molecular formula is C15H22N2O3. The highest BCUT2D eigenvalue weighted by Gasteiger charge is 2.24. The van der Waals surface area contributed by atoms with Crippen LogP contribution in [0.1, 0.15) is 30.5 Å². The van der Waals surface area contributed by atoms with Crippen molar-refractivity contribution in [2.75, 3.05) is 27.3 Å². The van der Waals surface area contributed by atoms with Crippen molar-refractivity contribution < 1.29 is 14.3 Å². The number of methoxy groups -OCH3 is 2. The van der Waals surface area contributed by atoms with E-state index in [4.69, 9.17) is 9.47 Å². The summed E-state index contributed by atoms with van der Waals surface area (Å²) in [6.45, 7) is 3.45. The van der Waals surface area contributed by atoms with Gasteiger partial charge < -0.3 is 20.1 Å². The quantitative estimate of drug-likeness (QED) is 0.855. The van der Waals surface area contributed by atoms with Crippen LogP contribution in [-0.2, 0) is 11.2 Å². The van der Waals surface area contributed by atoms with E-state index in [9.17, 15) is 4.79 Å². The minimum absolute atomic E-state index is 0.0325. The van der Waals surface area contributed by atoms with Gasteiger partial charge in [-0.3, -0.25) is 4.79 Å². The van der Waals surface area contributed by atoms with Crippen LogP contribution in [0.4, 0.5) is 0 Å². The Labute approximate surface area is 119 Å². The lowest BCUT2D eigenvalue weighted by Gasteiger charge is -2.27. The van der Waals surface area contributed by atoms with Crippen molar-refractivity contribution in [3.63, 3.8) is 0 Å². The highest BCUT2D eigenvalue weighted by Crippen LogP contribution is 2.35. The van der Waals surface area contributed by atoms with Crippen LogP contribution < -0.4 is 20.1 Å². The fourth-order valence-electron chi connectivity index (χ4n) is 2.61. The summed E-state index contributed by atoms with van der Waals surface area (Å²) in [4.78, 5) is 11.8. The molecule has 0 radical (unpaired) electrons. The number of nitrogens with one attached hydrogen (secondary N) is 2. The maximum Gasteiger partial charge on any atom is 0.221 e. The molecule has 5 nitrogen and oxygen atoms in total. The standard InChI is InChI=1S/C15H22N2O3/c1-4-16-15(18)9-12-11-8-14(20-3)13(19-2)7-10(11)5-6-17-12/h7-8,12,17H,4-6,9H2,1-3H3,(H,16,18). The van der Waals surface area contributed by atoms with E-state index in [2.05, 4.69) is 10.6 Å². The molecular weight excluding hydrogens is 256 g/mol. The summed E-state index contributed by atoms with van der Waals surface area (Å²) in [5.74, 6) is 1.51. The summed E-state index contributed by atoms with van der Waals surface area (Å²) in [5.41, 5.74) is 2.34. The third-order valence-electron chi connectivity index (χ3n) is 3.57. The average molecular weight is 278 g/mol. The summed E-state index contributed by atoms with van der Waals surface area (Å²) in [6, 6.07) is 4.02. The third-order valence-corrected chi connectivity index (χ3v) is 3.57. The molecule has 2 N–H and O–H groups in total. The Bertz CT molecular complexity index is 488. The number of ether oxygens (including phenoxy) is 2. The SMILES string of the molecule is CCNC(=O)CC1NCCc2cc(OC)c(OC)cc21. The van der Waals surface area contributed by atoms with Crippen molar-refractivity contribution in [1.82, 2.24) is 10.6 Å². The van der Waals surface area contributed by atoms with Crippen molar-refractivity contribution in [2.45, 2.75) is 25.8 Å². The second-order valence-electron chi connectivity index (χ2n) is 4.82. The topological polar surface area (TPSA) is 59.6 Å². The van der Waals surface area contributed by atoms with E-state index in [1.54, 1.807) is 14.2 Å². The Balaban J connectivity index is 2.27. The Morgan fingerprint density at radius 3 is 2.70 bits per heavy atom. The summed E-state index contributed by atoms with van der Waals surface area (Å²) in [7, 11) is 3.26. The Kier molecular flexibility index (Phi) is 4.84. The second kappa shape index (κ2) is 6.61. The molecule has 110 valence electrons. The van der Waals surface area contributed by atoms with Crippen LogP contribution in [0.25, 0.3) is 0 Å². The number of hydrogen-bond acceptors (Lipinski definition) is 4. The number of carbonyl (C=O) groups is 1. The molecule has 2 rings (SSSR count). The van der Waals surface area contributed by atoms with E-state index in [-0.39, 0.29) is 11.9 Å². The molecule has 1 aromatic rings. The minimum atomic E-state index is 0.0325. The fraction of sp³-hybridized carbons (Fsp3) is 0.533. The number of amides is 1. The molecule has 20 heavy (non-hydrogen) atoms. The molecule has 1 unspecified atom stereocenters. The van der Waals surface area contributed by atoms with Crippen LogP contribution in [0.2, 0.25) is 0 Å². The molecule has 0 saturated carbocycles. The number of carbonyl (C=O) groups excluding carboxylic acids is 1. The van der Waals surface area contributed by atoms with Crippen molar-refractivity contribution >= 4 is 5.91 Å². The maximum absolute atomic E-state index is 11.8. The van der Waals surface area contributed by atoms with Gasteiger partial charge in [0.25, 0.3) is 0 Å². The molecule has 1 amide bonds. The first-order valence-corrected chi connectivity index (χ1v) is 6.94. The van der Waals surface area contributed by atoms with Gasteiger partial charge >= 0.3 is 0 Å². The third kappa shape index (κ3) is 3.04. The summed E-state index contributed by atoms with van der Waals surface area (Å²) >= 11 is 0. The summed E-state index contributed by atoms with van der Waals surface area (Å²) < 4.78 is 10.7. The van der Waals surface area contributed by atoms with Gasteiger partial charge in [-0.1, -0.05) is 0 Å². The molecule has 1 aliphatic heterocycles. The lowest BCUT2D eigenvalue weighted by Crippen LogP contribution is -2.34. The Morgan fingerprint density at radius 2 is 2.05 bits per heavy atom. The lowest BCUT2D eigenvalue weighted by atomic mass is 9.91. The van der Waals surface area contributed by atoms with Crippen LogP contribution in [0.3, 0.4) is 0 Å². The van der Waals surface area contributed by atoms with E-state index in [0.717, 1.165) is 24.3 Å². The van der Waals surface area contributed by atoms with Crippen molar-refractivity contribution in [2.24, 2.45) is 0 Å². The van der Waals surface area contributed by atoms with Gasteiger partial charge in [-0.2, -0.15) is 0 Å². The molecule has 0 fully saturated rings. The van der Waals surface area contributed by atoms with Gasteiger partial charge in [0.1, 0.15) is 0 Å². The molecule has 0 saturated heterocycles. The van der Waals surface area contributed by atoms with Gasteiger partial charge in [0.15, 0.2) is 11.5 Å². The molecule has 1 atom stereocenters. The zero-order chi connectivity index (χ0) is 14.5. The van der Waals surface area contributed by atoms with Gasteiger partial charge in [-0.25, -0.2) is 0 Å². The van der Waals surface area contributed by atoms with Crippen LogP contribution in [0.15, 0.2) is 12.1 Å². The van der Waals surface area contributed by atoms with E-state index in [1.165, 1.54) is 5.56 Å². The van der Waals surface area contributed by atoms with Gasteiger partial charge in [0.05, 0.1) is 14.2 Å². The van der Waals surface area contributed by atoms with Crippen molar-refractivity contribution in [1.29, 1.82) is 0 Å². The predicted octanol–water partition coefficient (Wildman–Crippen LogP) is 1.42. The first-order valence-electron chi connectivity index (χ1n) is 6.94. The first-order chi connectivity index (χ1) is 9.69. The molecule has 0 bridgehead atoms. The van der Waals surface area contributed by atoms with E-state index in [0.29, 0.717) is 18.7 Å². The Morgan fingerprint density at radius 1 is 1.35 bits per heavy atom. The molecule has 5 heteroatoms. The monoisotopic (exact) mass is 278 g/mol. The van der Waals surface area contributed by atoms with Crippen LogP contribution >= 0.6 is 0 Å². The number of hydrogen-bond donors (Lipinski definition) is 2. The smallest absolute Gasteiger partial charge is 0.221 e. The van der Waals surface area contributed by atoms with E-state index >= 15 is 0 Å². The molecule has 0 spiro atoms. The number of benzene rings is 1. The highest BCUT2D eigenvalue weighted by atomic mass is 16.5. The summed E-state index contributed by atoms with van der Waals surface area (Å²) in [6.07, 6.45) is 1.37. The normalized spacial score (nSPS) is 17.2. The summed E-state index contributed by atoms with van der Waals surface area (Å²) in [5, 5.41) is 6.24. The minimum Gasteiger partial charge on any atom is -0.493 e. The molecule has 1 aromatic carbocycles. The lowest BCUT2D eigenvalue weighted by molar-refractivity contribution is -0.121. The fourth-order valence-corrected chi connectivity index (χ4v) is 2.61. The predicted molar refractivity (Wildman–Crippen MR) is 77.3 cm³/mol. The van der Waals surface area contributed by atoms with Gasteiger partial charge in [-0.05, 0) is 43.1 Å². The number of fused-ring (bicyclic) bond motifs is 1. The van der Waals surface area contributed by atoms with E-state index in [1.807, 2.05) is 19.1 Å². The second-order valence-corrected chi connectivity index (χ2v) is 4.82. The zero-order valence-electron chi connectivity index (χ0n) is 12.3. The van der Waals surface area contributed by atoms with Gasteiger partial charge in [0.2, 0.25) is 5.91 Å². The highest BCUT2D eigenvalue weighted by molar-refractivity contribution is 5.77. The molecule has 1 heterocycles. The van der Waals surface area contributed by atoms with Crippen molar-refractivity contribution in [3.05, 3.63) is 23.3 Å². The molecule has 0 aliphatic carbocycles. The van der Waals surface area contributed by atoms with Gasteiger partial charge in [-0.15, -0.1) is 0 Å². The van der Waals surface area contributed by atoms with E-state index < -0.39 is 0 Å². The van der Waals surface area contributed by atoms with Crippen LogP contribution in [-0.4, -0.2) is 33.2 Å².